The number of rotatable bonds is 4. The van der Waals surface area contributed by atoms with Gasteiger partial charge in [-0.3, -0.25) is 0 Å². The number of benzene rings is 2. The standard InChI is InChI=1S/C14H11BrF3N/c15-12-3-1-9(5-14(12)18)7-19-8-10-6-11(16)2-4-13(10)17/h1-6,19H,7-8H2. The fraction of sp³-hybridized carbons (Fsp3) is 0.143. The summed E-state index contributed by atoms with van der Waals surface area (Å²) in [7, 11) is 0. The third-order valence-corrected chi connectivity index (χ3v) is 3.28. The second-order valence-corrected chi connectivity index (χ2v) is 4.94. The van der Waals surface area contributed by atoms with Crippen molar-refractivity contribution < 1.29 is 13.2 Å². The Kier molecular flexibility index (Phi) is 4.61. The van der Waals surface area contributed by atoms with Crippen LogP contribution in [0, 0.1) is 17.5 Å². The highest BCUT2D eigenvalue weighted by atomic mass is 79.9. The third kappa shape index (κ3) is 3.81. The molecule has 5 heteroatoms. The van der Waals surface area contributed by atoms with Gasteiger partial charge in [-0.05, 0) is 51.8 Å². The average molecular weight is 330 g/mol. The Hall–Kier alpha value is -1.33. The maximum absolute atomic E-state index is 13.3. The molecule has 2 aromatic rings. The van der Waals surface area contributed by atoms with Gasteiger partial charge in [-0.25, -0.2) is 13.2 Å². The molecule has 2 rings (SSSR count). The van der Waals surface area contributed by atoms with Crippen molar-refractivity contribution in [3.8, 4) is 0 Å². The summed E-state index contributed by atoms with van der Waals surface area (Å²) in [6, 6.07) is 8.05. The predicted octanol–water partition coefficient (Wildman–Crippen LogP) is 4.16. The molecule has 0 saturated carbocycles. The molecule has 19 heavy (non-hydrogen) atoms. The average Bonchev–Trinajstić information content (AvgIpc) is 2.38. The van der Waals surface area contributed by atoms with E-state index in [1.807, 2.05) is 0 Å². The van der Waals surface area contributed by atoms with Crippen molar-refractivity contribution in [2.24, 2.45) is 0 Å². The van der Waals surface area contributed by atoms with E-state index < -0.39 is 11.6 Å². The molecule has 1 N–H and O–H groups in total. The van der Waals surface area contributed by atoms with Gasteiger partial charge in [0, 0.05) is 18.7 Å². The first-order valence-corrected chi connectivity index (χ1v) is 6.44. The summed E-state index contributed by atoms with van der Waals surface area (Å²) in [6.07, 6.45) is 0. The van der Waals surface area contributed by atoms with Crippen molar-refractivity contribution in [1.29, 1.82) is 0 Å². The van der Waals surface area contributed by atoms with E-state index in [4.69, 9.17) is 0 Å². The van der Waals surface area contributed by atoms with Crippen molar-refractivity contribution in [1.82, 2.24) is 5.32 Å². The lowest BCUT2D eigenvalue weighted by Crippen LogP contribution is -2.14. The van der Waals surface area contributed by atoms with E-state index in [9.17, 15) is 13.2 Å². The first kappa shape index (κ1) is 14.1. The van der Waals surface area contributed by atoms with Gasteiger partial charge in [0.1, 0.15) is 17.5 Å². The summed E-state index contributed by atoms with van der Waals surface area (Å²) < 4.78 is 39.9. The van der Waals surface area contributed by atoms with Gasteiger partial charge < -0.3 is 5.32 Å². The van der Waals surface area contributed by atoms with Crippen LogP contribution in [0.5, 0.6) is 0 Å². The number of nitrogens with one attached hydrogen (secondary N) is 1. The minimum absolute atomic E-state index is 0.182. The van der Waals surface area contributed by atoms with E-state index in [1.54, 1.807) is 12.1 Å². The molecule has 0 amide bonds. The lowest BCUT2D eigenvalue weighted by molar-refractivity contribution is 0.567. The van der Waals surface area contributed by atoms with Gasteiger partial charge in [-0.1, -0.05) is 6.07 Å². The summed E-state index contributed by atoms with van der Waals surface area (Å²) in [5.41, 5.74) is 0.982. The Labute approximate surface area is 117 Å². The van der Waals surface area contributed by atoms with Crippen LogP contribution >= 0.6 is 15.9 Å². The number of hydrogen-bond donors (Lipinski definition) is 1. The van der Waals surface area contributed by atoms with Crippen LogP contribution in [0.3, 0.4) is 0 Å². The number of halogens is 4. The zero-order valence-electron chi connectivity index (χ0n) is 9.89. The molecule has 0 aromatic heterocycles. The molecule has 0 saturated heterocycles. The van der Waals surface area contributed by atoms with E-state index in [2.05, 4.69) is 21.2 Å². The van der Waals surface area contributed by atoms with Crippen molar-refractivity contribution in [2.45, 2.75) is 13.1 Å². The first-order chi connectivity index (χ1) is 9.06. The molecule has 0 spiro atoms. The van der Waals surface area contributed by atoms with Gasteiger partial charge in [0.25, 0.3) is 0 Å². The lowest BCUT2D eigenvalue weighted by atomic mass is 10.2. The molecule has 1 nitrogen and oxygen atoms in total. The van der Waals surface area contributed by atoms with Gasteiger partial charge >= 0.3 is 0 Å². The zero-order chi connectivity index (χ0) is 13.8. The maximum atomic E-state index is 13.3. The van der Waals surface area contributed by atoms with Crippen molar-refractivity contribution >= 4 is 15.9 Å². The van der Waals surface area contributed by atoms with Crippen molar-refractivity contribution in [2.75, 3.05) is 0 Å². The minimum Gasteiger partial charge on any atom is -0.309 e. The Morgan fingerprint density at radius 2 is 1.68 bits per heavy atom. The SMILES string of the molecule is Fc1ccc(F)c(CNCc2ccc(Br)c(F)c2)c1. The topological polar surface area (TPSA) is 12.0 Å². The van der Waals surface area contributed by atoms with E-state index in [0.29, 0.717) is 11.0 Å². The summed E-state index contributed by atoms with van der Waals surface area (Å²) in [4.78, 5) is 0. The summed E-state index contributed by atoms with van der Waals surface area (Å²) >= 11 is 3.07. The molecule has 0 unspecified atom stereocenters. The van der Waals surface area contributed by atoms with Gasteiger partial charge in [-0.2, -0.15) is 0 Å². The fourth-order valence-corrected chi connectivity index (χ4v) is 1.92. The normalized spacial score (nSPS) is 10.7. The second kappa shape index (κ2) is 6.21. The van der Waals surface area contributed by atoms with E-state index in [0.717, 1.165) is 23.8 Å². The summed E-state index contributed by atoms with van der Waals surface area (Å²) in [5, 5.41) is 2.94. The number of hydrogen-bond acceptors (Lipinski definition) is 1. The van der Waals surface area contributed by atoms with Gasteiger partial charge in [0.15, 0.2) is 0 Å². The van der Waals surface area contributed by atoms with E-state index in [-0.39, 0.29) is 17.9 Å². The Balaban J connectivity index is 1.96. The highest BCUT2D eigenvalue weighted by Crippen LogP contribution is 2.16. The third-order valence-electron chi connectivity index (χ3n) is 2.64. The van der Waals surface area contributed by atoms with Crippen LogP contribution in [0.2, 0.25) is 0 Å². The molecular weight excluding hydrogens is 319 g/mol. The highest BCUT2D eigenvalue weighted by molar-refractivity contribution is 9.10. The largest absolute Gasteiger partial charge is 0.309 e. The molecule has 0 atom stereocenters. The lowest BCUT2D eigenvalue weighted by Gasteiger charge is -2.07. The molecule has 100 valence electrons. The van der Waals surface area contributed by atoms with Crippen LogP contribution in [-0.4, -0.2) is 0 Å². The molecule has 0 aliphatic carbocycles. The molecular formula is C14H11BrF3N. The van der Waals surface area contributed by atoms with Crippen molar-refractivity contribution in [3.05, 3.63) is 69.4 Å². The van der Waals surface area contributed by atoms with Crippen LogP contribution in [0.25, 0.3) is 0 Å². The quantitative estimate of drug-likeness (QED) is 0.888. The molecule has 0 heterocycles. The summed E-state index contributed by atoms with van der Waals surface area (Å²) in [5.74, 6) is -1.29. The zero-order valence-corrected chi connectivity index (χ0v) is 11.5. The molecule has 0 aliphatic rings. The van der Waals surface area contributed by atoms with Crippen molar-refractivity contribution in [3.63, 3.8) is 0 Å². The van der Waals surface area contributed by atoms with E-state index >= 15 is 0 Å². The van der Waals surface area contributed by atoms with Gasteiger partial charge in [0.05, 0.1) is 4.47 Å². The Bertz CT molecular complexity index is 587. The van der Waals surface area contributed by atoms with Crippen LogP contribution in [0.4, 0.5) is 13.2 Å². The molecule has 0 radical (unpaired) electrons. The smallest absolute Gasteiger partial charge is 0.137 e. The maximum Gasteiger partial charge on any atom is 0.137 e. The Morgan fingerprint density at radius 1 is 0.895 bits per heavy atom. The minimum atomic E-state index is -0.479. The monoisotopic (exact) mass is 329 g/mol. The summed E-state index contributed by atoms with van der Waals surface area (Å²) in [6.45, 7) is 0.557. The fourth-order valence-electron chi connectivity index (χ4n) is 1.67. The van der Waals surface area contributed by atoms with Crippen LogP contribution in [0.1, 0.15) is 11.1 Å². The molecule has 0 aliphatic heterocycles. The molecule has 0 bridgehead atoms. The Morgan fingerprint density at radius 3 is 2.42 bits per heavy atom. The highest BCUT2D eigenvalue weighted by Gasteiger charge is 2.04. The van der Waals surface area contributed by atoms with Crippen LogP contribution in [0.15, 0.2) is 40.9 Å². The first-order valence-electron chi connectivity index (χ1n) is 5.65. The van der Waals surface area contributed by atoms with E-state index in [1.165, 1.54) is 6.07 Å². The second-order valence-electron chi connectivity index (χ2n) is 4.09. The van der Waals surface area contributed by atoms with Crippen LogP contribution < -0.4 is 5.32 Å². The predicted molar refractivity (Wildman–Crippen MR) is 71.0 cm³/mol. The van der Waals surface area contributed by atoms with Gasteiger partial charge in [-0.15, -0.1) is 0 Å². The van der Waals surface area contributed by atoms with Gasteiger partial charge in [0.2, 0.25) is 0 Å². The molecule has 2 aromatic carbocycles. The van der Waals surface area contributed by atoms with Crippen LogP contribution in [-0.2, 0) is 13.1 Å². The molecule has 0 fully saturated rings.